The van der Waals surface area contributed by atoms with Crippen LogP contribution in [0.1, 0.15) is 66.5 Å². The molecule has 6 rings (SSSR count). The molecule has 0 atom stereocenters. The van der Waals surface area contributed by atoms with Crippen LogP contribution in [0.15, 0.2) is 108 Å². The third-order valence-corrected chi connectivity index (χ3v) is 9.15. The summed E-state index contributed by atoms with van der Waals surface area (Å²) in [5.41, 5.74) is 1.70. The van der Waals surface area contributed by atoms with Crippen molar-refractivity contribution in [3.8, 4) is 11.4 Å². The number of alkyl halides is 3. The van der Waals surface area contributed by atoms with Crippen LogP contribution in [-0.2, 0) is 30.6 Å². The van der Waals surface area contributed by atoms with Gasteiger partial charge in [-0.1, -0.05) is 60.7 Å². The minimum atomic E-state index is -4.81. The number of rotatable bonds is 13. The number of ether oxygens (including phenoxy) is 2. The third kappa shape index (κ3) is 10.4. The lowest BCUT2D eigenvalue weighted by Gasteiger charge is -2.26. The topological polar surface area (TPSA) is 97.7 Å². The number of carbonyl (C=O) groups is 2. The van der Waals surface area contributed by atoms with Crippen LogP contribution in [0.5, 0.6) is 5.75 Å². The first kappa shape index (κ1) is 38.4. The summed E-state index contributed by atoms with van der Waals surface area (Å²) < 4.78 is 55.1. The highest BCUT2D eigenvalue weighted by atomic mass is 79.9. The smallest absolute Gasteiger partial charge is 0.435 e. The minimum absolute atomic E-state index is 0.0766. The van der Waals surface area contributed by atoms with Crippen molar-refractivity contribution in [2.24, 2.45) is 5.92 Å². The van der Waals surface area contributed by atoms with Gasteiger partial charge in [-0.15, -0.1) is 0 Å². The van der Waals surface area contributed by atoms with Gasteiger partial charge in [-0.2, -0.15) is 18.3 Å². The largest absolute Gasteiger partial charge is 0.488 e. The molecule has 1 saturated carbocycles. The molecule has 0 unspecified atom stereocenters. The fourth-order valence-corrected chi connectivity index (χ4v) is 6.27. The summed E-state index contributed by atoms with van der Waals surface area (Å²) in [5, 5.41) is 9.19. The first-order valence-electron chi connectivity index (χ1n) is 17.6. The van der Waals surface area contributed by atoms with Gasteiger partial charge in [0.1, 0.15) is 23.7 Å². The minimum Gasteiger partial charge on any atom is -0.488 e. The summed E-state index contributed by atoms with van der Waals surface area (Å²) in [6.45, 7) is 6.89. The Balaban J connectivity index is 1.20. The number of nitrogens with zero attached hydrogens (tertiary/aromatic N) is 3. The van der Waals surface area contributed by atoms with Crippen LogP contribution < -0.4 is 20.3 Å². The maximum atomic E-state index is 14.0. The quantitative estimate of drug-likeness (QED) is 0.123. The Morgan fingerprint density at radius 2 is 1.63 bits per heavy atom. The van der Waals surface area contributed by atoms with E-state index in [1.165, 1.54) is 6.07 Å². The first-order valence-corrected chi connectivity index (χ1v) is 18.3. The maximum absolute atomic E-state index is 14.0. The molecule has 0 aliphatic heterocycles. The van der Waals surface area contributed by atoms with Crippen molar-refractivity contribution < 1.29 is 32.2 Å². The van der Waals surface area contributed by atoms with Crippen molar-refractivity contribution in [2.75, 3.05) is 16.8 Å². The molecule has 2 amide bonds. The summed E-state index contributed by atoms with van der Waals surface area (Å²) in [7, 11) is 0. The van der Waals surface area contributed by atoms with Crippen molar-refractivity contribution in [3.05, 3.63) is 136 Å². The molecule has 1 fully saturated rings. The molecule has 1 aliphatic rings. The molecule has 4 aromatic carbocycles. The number of carbonyl (C=O) groups excluding carboxylic acids is 2. The van der Waals surface area contributed by atoms with Gasteiger partial charge in [0.05, 0.1) is 10.2 Å². The van der Waals surface area contributed by atoms with Crippen molar-refractivity contribution >= 4 is 39.3 Å². The van der Waals surface area contributed by atoms with Crippen molar-refractivity contribution in [2.45, 2.75) is 65.1 Å². The van der Waals surface area contributed by atoms with Gasteiger partial charge in [0.25, 0.3) is 5.91 Å². The molecule has 0 bridgehead atoms. The summed E-state index contributed by atoms with van der Waals surface area (Å²) >= 11 is 3.68. The van der Waals surface area contributed by atoms with E-state index in [4.69, 9.17) is 9.47 Å². The zero-order valence-corrected chi connectivity index (χ0v) is 31.7. The van der Waals surface area contributed by atoms with Crippen LogP contribution in [0, 0.1) is 5.92 Å². The van der Waals surface area contributed by atoms with Crippen LogP contribution >= 0.6 is 15.9 Å². The van der Waals surface area contributed by atoms with E-state index in [9.17, 15) is 22.8 Å². The number of benzene rings is 4. The second kappa shape index (κ2) is 16.4. The zero-order valence-electron chi connectivity index (χ0n) is 30.1. The van der Waals surface area contributed by atoms with E-state index in [2.05, 4.69) is 36.6 Å². The molecule has 2 N–H and O–H groups in total. The molecule has 1 aromatic heterocycles. The Hall–Kier alpha value is -5.30. The number of amides is 2. The van der Waals surface area contributed by atoms with E-state index in [0.717, 1.165) is 57.2 Å². The molecule has 9 nitrogen and oxygen atoms in total. The van der Waals surface area contributed by atoms with E-state index < -0.39 is 29.5 Å². The molecule has 1 aliphatic carbocycles. The molecule has 0 radical (unpaired) electrons. The van der Waals surface area contributed by atoms with Gasteiger partial charge < -0.3 is 25.0 Å². The summed E-state index contributed by atoms with van der Waals surface area (Å²) in [6.07, 6.45) is -3.20. The first-order chi connectivity index (χ1) is 25.7. The average Bonchev–Trinajstić information content (AvgIpc) is 3.82. The lowest BCUT2D eigenvalue weighted by molar-refractivity contribution is -0.141. The second-order valence-corrected chi connectivity index (χ2v) is 15.0. The highest BCUT2D eigenvalue weighted by Gasteiger charge is 2.36. The predicted octanol–water partition coefficient (Wildman–Crippen LogP) is 9.93. The van der Waals surface area contributed by atoms with Crippen LogP contribution in [0.4, 0.5) is 29.3 Å². The number of aromatic nitrogens is 2. The molecule has 5 aromatic rings. The number of para-hydroxylation sites is 1. The Kier molecular flexibility index (Phi) is 11.7. The van der Waals surface area contributed by atoms with E-state index in [0.29, 0.717) is 30.3 Å². The lowest BCUT2D eigenvalue weighted by Crippen LogP contribution is -2.32. The average molecular weight is 805 g/mol. The molecule has 0 saturated heterocycles. The van der Waals surface area contributed by atoms with E-state index in [1.807, 2.05) is 60.7 Å². The maximum Gasteiger partial charge on any atom is 0.435 e. The summed E-state index contributed by atoms with van der Waals surface area (Å²) in [5.74, 6) is 0.523. The Morgan fingerprint density at radius 3 is 2.33 bits per heavy atom. The van der Waals surface area contributed by atoms with Gasteiger partial charge >= 0.3 is 12.3 Å². The molecular formula is C41H41BrF3N5O4. The highest BCUT2D eigenvalue weighted by molar-refractivity contribution is 9.10. The predicted molar refractivity (Wildman–Crippen MR) is 205 cm³/mol. The van der Waals surface area contributed by atoms with Gasteiger partial charge in [0, 0.05) is 37.1 Å². The summed E-state index contributed by atoms with van der Waals surface area (Å²) in [6, 6.07) is 30.4. The zero-order chi connectivity index (χ0) is 38.5. The van der Waals surface area contributed by atoms with E-state index in [-0.39, 0.29) is 17.9 Å². The van der Waals surface area contributed by atoms with Gasteiger partial charge in [-0.25, -0.2) is 9.48 Å². The van der Waals surface area contributed by atoms with Crippen LogP contribution in [-0.4, -0.2) is 33.9 Å². The Labute approximate surface area is 320 Å². The van der Waals surface area contributed by atoms with Crippen LogP contribution in [0.3, 0.4) is 0 Å². The molecule has 13 heteroatoms. The Bertz CT molecular complexity index is 2090. The molecule has 1 heterocycles. The van der Waals surface area contributed by atoms with Crippen LogP contribution in [0.25, 0.3) is 5.69 Å². The SMILES string of the molecule is CC(C)(C)OC(=O)NCc1ccccc1-n1nc(C(F)(F)F)cc1C(=O)Nc1cccc(CN(CC2CC2)c2ccc(OCc3ccccc3)c(Br)c2)c1. The summed E-state index contributed by atoms with van der Waals surface area (Å²) in [4.78, 5) is 28.4. The van der Waals surface area contributed by atoms with E-state index >= 15 is 0 Å². The number of anilines is 2. The van der Waals surface area contributed by atoms with Crippen LogP contribution in [0.2, 0.25) is 0 Å². The van der Waals surface area contributed by atoms with E-state index in [1.54, 1.807) is 51.1 Å². The number of hydrogen-bond donors (Lipinski definition) is 2. The van der Waals surface area contributed by atoms with Gasteiger partial charge in [-0.05, 0) is 109 Å². The van der Waals surface area contributed by atoms with Crippen molar-refractivity contribution in [3.63, 3.8) is 0 Å². The molecule has 282 valence electrons. The number of halogens is 4. The highest BCUT2D eigenvalue weighted by Crippen LogP contribution is 2.36. The van der Waals surface area contributed by atoms with Gasteiger partial charge in [0.2, 0.25) is 0 Å². The third-order valence-electron chi connectivity index (χ3n) is 8.53. The lowest BCUT2D eigenvalue weighted by atomic mass is 10.1. The number of alkyl carbamates (subject to hydrolysis) is 1. The molecular weight excluding hydrogens is 763 g/mol. The monoisotopic (exact) mass is 803 g/mol. The van der Waals surface area contributed by atoms with Gasteiger partial charge in [0.15, 0.2) is 5.69 Å². The van der Waals surface area contributed by atoms with Crippen molar-refractivity contribution in [1.29, 1.82) is 0 Å². The molecule has 0 spiro atoms. The van der Waals surface area contributed by atoms with Crippen molar-refractivity contribution in [1.82, 2.24) is 15.1 Å². The second-order valence-electron chi connectivity index (χ2n) is 14.2. The fourth-order valence-electron chi connectivity index (χ4n) is 5.79. The normalized spacial score (nSPS) is 12.9. The number of hydrogen-bond acceptors (Lipinski definition) is 6. The van der Waals surface area contributed by atoms with Gasteiger partial charge in [-0.3, -0.25) is 4.79 Å². The Morgan fingerprint density at radius 1 is 0.907 bits per heavy atom. The number of nitrogens with one attached hydrogen (secondary N) is 2. The molecule has 54 heavy (non-hydrogen) atoms. The standard InChI is InChI=1S/C41H41BrF3N5O4/c1-40(2,3)54-39(52)46-23-30-13-7-8-15-34(30)50-35(22-37(48-50)41(43,44)45)38(51)47-31-14-9-12-29(20-31)25-49(24-27-16-17-27)32-18-19-36(33(42)21-32)53-26-28-10-5-4-6-11-28/h4-15,18-22,27H,16-17,23-26H2,1-3H3,(H,46,52)(H,47,51). The fraction of sp³-hybridized carbons (Fsp3) is 0.293.